The molecule has 18 heavy (non-hydrogen) atoms. The fourth-order valence-corrected chi connectivity index (χ4v) is 1.64. The van der Waals surface area contributed by atoms with Crippen LogP contribution in [0.1, 0.15) is 30.1 Å². The van der Waals surface area contributed by atoms with Crippen molar-refractivity contribution in [3.63, 3.8) is 0 Å². The molecule has 4 heteroatoms. The lowest BCUT2D eigenvalue weighted by Crippen LogP contribution is -2.36. The zero-order valence-corrected chi connectivity index (χ0v) is 10.5. The maximum atomic E-state index is 11.9. The van der Waals surface area contributed by atoms with Crippen LogP contribution >= 0.6 is 0 Å². The fraction of sp³-hybridized carbons (Fsp3) is 0.286. The van der Waals surface area contributed by atoms with Crippen LogP contribution in [0, 0.1) is 0 Å². The molecule has 1 N–H and O–H groups in total. The van der Waals surface area contributed by atoms with Gasteiger partial charge >= 0.3 is 0 Å². The Morgan fingerprint density at radius 3 is 2.78 bits per heavy atom. The van der Waals surface area contributed by atoms with Gasteiger partial charge in [0.15, 0.2) is 0 Å². The molecule has 0 saturated carbocycles. The number of hydrogen-bond acceptors (Lipinski definition) is 3. The van der Waals surface area contributed by atoms with E-state index in [2.05, 4.69) is 10.3 Å². The summed E-state index contributed by atoms with van der Waals surface area (Å²) in [6.45, 7) is 4.53. The molecular formula is C14H16N2O2. The van der Waals surface area contributed by atoms with Crippen LogP contribution in [0.4, 0.5) is 0 Å². The number of aromatic nitrogens is 1. The molecule has 0 aromatic carbocycles. The minimum atomic E-state index is -0.242. The predicted molar refractivity (Wildman–Crippen MR) is 68.3 cm³/mol. The number of pyridine rings is 1. The number of nitrogens with one attached hydrogen (secondary N) is 1. The van der Waals surface area contributed by atoms with Gasteiger partial charge in [-0.2, -0.15) is 0 Å². The van der Waals surface area contributed by atoms with E-state index in [4.69, 9.17) is 4.42 Å². The first kappa shape index (κ1) is 12.4. The highest BCUT2D eigenvalue weighted by atomic mass is 16.3. The third kappa shape index (κ3) is 2.77. The molecule has 0 radical (unpaired) electrons. The van der Waals surface area contributed by atoms with Crippen LogP contribution in [0.3, 0.4) is 0 Å². The Bertz CT molecular complexity index is 504. The number of nitrogens with zero attached hydrogens (tertiary/aromatic N) is 1. The van der Waals surface area contributed by atoms with Crippen molar-refractivity contribution in [1.29, 1.82) is 0 Å². The summed E-state index contributed by atoms with van der Waals surface area (Å²) >= 11 is 0. The minimum absolute atomic E-state index is 0.171. The smallest absolute Gasteiger partial charge is 0.269 e. The second-order valence-electron chi connectivity index (χ2n) is 4.76. The van der Waals surface area contributed by atoms with Gasteiger partial charge in [-0.05, 0) is 24.3 Å². The average molecular weight is 244 g/mol. The topological polar surface area (TPSA) is 55.1 Å². The molecule has 0 spiro atoms. The van der Waals surface area contributed by atoms with Crippen molar-refractivity contribution in [2.24, 2.45) is 0 Å². The normalized spacial score (nSPS) is 11.2. The number of rotatable bonds is 4. The summed E-state index contributed by atoms with van der Waals surface area (Å²) in [4.78, 5) is 15.9. The Labute approximate surface area is 106 Å². The molecule has 1 amide bonds. The first-order valence-corrected chi connectivity index (χ1v) is 5.83. The molecule has 0 aliphatic rings. The van der Waals surface area contributed by atoms with Crippen LogP contribution in [-0.4, -0.2) is 17.4 Å². The monoisotopic (exact) mass is 244 g/mol. The summed E-state index contributed by atoms with van der Waals surface area (Å²) in [5.74, 6) is 0.680. The fourth-order valence-electron chi connectivity index (χ4n) is 1.64. The van der Waals surface area contributed by atoms with Gasteiger partial charge in [0.05, 0.1) is 6.26 Å². The Balaban J connectivity index is 1.98. The zero-order chi connectivity index (χ0) is 13.0. The lowest BCUT2D eigenvalue weighted by molar-refractivity contribution is 0.0939. The summed E-state index contributed by atoms with van der Waals surface area (Å²) < 4.78 is 5.37. The molecule has 2 aromatic rings. The average Bonchev–Trinajstić information content (AvgIpc) is 2.92. The third-order valence-electron chi connectivity index (χ3n) is 2.78. The standard InChI is InChI=1S/C14H16N2O2/c1-14(2,12-7-5-9-18-12)10-16-13(17)11-6-3-4-8-15-11/h3-9H,10H2,1-2H3,(H,16,17). The van der Waals surface area contributed by atoms with Gasteiger partial charge < -0.3 is 9.73 Å². The van der Waals surface area contributed by atoms with Crippen molar-refractivity contribution >= 4 is 5.91 Å². The van der Waals surface area contributed by atoms with E-state index in [0.717, 1.165) is 5.76 Å². The number of carbonyl (C=O) groups excluding carboxylic acids is 1. The Morgan fingerprint density at radius 2 is 2.17 bits per heavy atom. The summed E-state index contributed by atoms with van der Waals surface area (Å²) in [6.07, 6.45) is 3.24. The Morgan fingerprint density at radius 1 is 1.33 bits per heavy atom. The molecule has 4 nitrogen and oxygen atoms in total. The van der Waals surface area contributed by atoms with Crippen molar-refractivity contribution in [3.05, 3.63) is 54.2 Å². The van der Waals surface area contributed by atoms with Crippen LogP contribution in [0.2, 0.25) is 0 Å². The first-order chi connectivity index (χ1) is 8.59. The zero-order valence-electron chi connectivity index (χ0n) is 10.5. The molecule has 2 heterocycles. The number of amides is 1. The van der Waals surface area contributed by atoms with Gasteiger partial charge in [-0.25, -0.2) is 0 Å². The second-order valence-corrected chi connectivity index (χ2v) is 4.76. The van der Waals surface area contributed by atoms with Crippen molar-refractivity contribution in [2.75, 3.05) is 6.54 Å². The quantitative estimate of drug-likeness (QED) is 0.898. The van der Waals surface area contributed by atoms with Crippen LogP contribution < -0.4 is 5.32 Å². The van der Waals surface area contributed by atoms with E-state index in [9.17, 15) is 4.79 Å². The molecule has 0 aliphatic heterocycles. The maximum absolute atomic E-state index is 11.9. The van der Waals surface area contributed by atoms with E-state index < -0.39 is 0 Å². The van der Waals surface area contributed by atoms with E-state index in [-0.39, 0.29) is 11.3 Å². The molecule has 2 rings (SSSR count). The van der Waals surface area contributed by atoms with Gasteiger partial charge in [-0.15, -0.1) is 0 Å². The van der Waals surface area contributed by atoms with Gasteiger partial charge in [0.2, 0.25) is 0 Å². The molecule has 0 bridgehead atoms. The third-order valence-corrected chi connectivity index (χ3v) is 2.78. The molecule has 94 valence electrons. The van der Waals surface area contributed by atoms with Gasteiger partial charge in [0.25, 0.3) is 5.91 Å². The molecule has 2 aromatic heterocycles. The number of hydrogen-bond donors (Lipinski definition) is 1. The number of carbonyl (C=O) groups is 1. The highest BCUT2D eigenvalue weighted by molar-refractivity contribution is 5.92. The Kier molecular flexibility index (Phi) is 3.46. The molecule has 0 unspecified atom stereocenters. The Hall–Kier alpha value is -2.10. The molecular weight excluding hydrogens is 228 g/mol. The van der Waals surface area contributed by atoms with E-state index in [1.807, 2.05) is 26.0 Å². The summed E-state index contributed by atoms with van der Waals surface area (Å²) in [6, 6.07) is 9.02. The second kappa shape index (κ2) is 5.04. The lowest BCUT2D eigenvalue weighted by Gasteiger charge is -2.22. The van der Waals surface area contributed by atoms with E-state index in [1.165, 1.54) is 0 Å². The molecule has 0 saturated heterocycles. The van der Waals surface area contributed by atoms with Crippen molar-refractivity contribution in [1.82, 2.24) is 10.3 Å². The summed E-state index contributed by atoms with van der Waals surface area (Å²) in [5, 5.41) is 2.87. The summed E-state index contributed by atoms with van der Waals surface area (Å²) in [5.41, 5.74) is 0.182. The summed E-state index contributed by atoms with van der Waals surface area (Å²) in [7, 11) is 0. The van der Waals surface area contributed by atoms with Crippen LogP contribution in [0.15, 0.2) is 47.2 Å². The van der Waals surface area contributed by atoms with E-state index in [1.54, 1.807) is 30.7 Å². The van der Waals surface area contributed by atoms with Crippen LogP contribution in [0.5, 0.6) is 0 Å². The molecule has 0 fully saturated rings. The number of furan rings is 1. The predicted octanol–water partition coefficient (Wildman–Crippen LogP) is 2.38. The largest absolute Gasteiger partial charge is 0.469 e. The van der Waals surface area contributed by atoms with Gasteiger partial charge in [0, 0.05) is 18.2 Å². The lowest BCUT2D eigenvalue weighted by atomic mass is 9.90. The molecule has 0 atom stereocenters. The van der Waals surface area contributed by atoms with E-state index in [0.29, 0.717) is 12.2 Å². The highest BCUT2D eigenvalue weighted by Crippen LogP contribution is 2.22. The van der Waals surface area contributed by atoms with Gasteiger partial charge in [-0.3, -0.25) is 9.78 Å². The van der Waals surface area contributed by atoms with Crippen molar-refractivity contribution in [3.8, 4) is 0 Å². The van der Waals surface area contributed by atoms with Gasteiger partial charge in [0.1, 0.15) is 11.5 Å². The molecule has 0 aliphatic carbocycles. The first-order valence-electron chi connectivity index (χ1n) is 5.83. The van der Waals surface area contributed by atoms with E-state index >= 15 is 0 Å². The van der Waals surface area contributed by atoms with Crippen LogP contribution in [0.25, 0.3) is 0 Å². The minimum Gasteiger partial charge on any atom is -0.469 e. The van der Waals surface area contributed by atoms with Crippen molar-refractivity contribution in [2.45, 2.75) is 19.3 Å². The maximum Gasteiger partial charge on any atom is 0.269 e. The SMILES string of the molecule is CC(C)(CNC(=O)c1ccccn1)c1ccco1. The van der Waals surface area contributed by atoms with Crippen LogP contribution in [-0.2, 0) is 5.41 Å². The van der Waals surface area contributed by atoms with Gasteiger partial charge in [-0.1, -0.05) is 19.9 Å². The highest BCUT2D eigenvalue weighted by Gasteiger charge is 2.24. The van der Waals surface area contributed by atoms with Crippen molar-refractivity contribution < 1.29 is 9.21 Å².